The molecule has 3 heterocycles. The molecule has 2 aliphatic heterocycles. The first-order chi connectivity index (χ1) is 27.4. The van der Waals surface area contributed by atoms with Gasteiger partial charge in [0.1, 0.15) is 23.7 Å². The number of amides is 4. The molecule has 15 nitrogen and oxygen atoms in total. The monoisotopic (exact) mass is 846 g/mol. The topological polar surface area (TPSA) is 195 Å². The number of benzene rings is 1. The Kier molecular flexibility index (Phi) is 11.8. The van der Waals surface area contributed by atoms with Crippen LogP contribution in [0.5, 0.6) is 5.88 Å². The summed E-state index contributed by atoms with van der Waals surface area (Å²) >= 11 is 0. The number of alkyl halides is 2. The molecule has 0 bridgehead atoms. The van der Waals surface area contributed by atoms with Crippen LogP contribution in [0.1, 0.15) is 106 Å². The minimum Gasteiger partial charge on any atom is -0.471 e. The summed E-state index contributed by atoms with van der Waals surface area (Å²) in [5, 5.41) is 10.6. The van der Waals surface area contributed by atoms with Gasteiger partial charge in [-0.15, -0.1) is 5.10 Å². The molecular weight excluding hydrogens is 791 g/mol. The maximum absolute atomic E-state index is 14.9. The maximum atomic E-state index is 14.9. The minimum absolute atomic E-state index is 0.00205. The Hall–Kier alpha value is -4.61. The number of halogens is 2. The zero-order valence-electron chi connectivity index (χ0n) is 34.8. The smallest absolute Gasteiger partial charge is 0.408 e. The van der Waals surface area contributed by atoms with Gasteiger partial charge in [0, 0.05) is 19.3 Å². The summed E-state index contributed by atoms with van der Waals surface area (Å²) in [6, 6.07) is 3.73. The quantitative estimate of drug-likeness (QED) is 0.297. The van der Waals surface area contributed by atoms with Crippen molar-refractivity contribution in [1.29, 1.82) is 0 Å². The third kappa shape index (κ3) is 8.83. The second-order valence-corrected chi connectivity index (χ2v) is 20.3. The largest absolute Gasteiger partial charge is 0.471 e. The van der Waals surface area contributed by atoms with Crippen LogP contribution >= 0.6 is 0 Å². The molecule has 7 atom stereocenters. The van der Waals surface area contributed by atoms with Gasteiger partial charge in [-0.05, 0) is 97.1 Å². The molecule has 1 saturated heterocycles. The van der Waals surface area contributed by atoms with E-state index in [4.69, 9.17) is 9.47 Å². The van der Waals surface area contributed by atoms with Gasteiger partial charge in [0.15, 0.2) is 5.60 Å². The van der Waals surface area contributed by atoms with Crippen molar-refractivity contribution in [2.75, 3.05) is 6.54 Å². The van der Waals surface area contributed by atoms with Crippen LogP contribution in [0.25, 0.3) is 10.8 Å². The van der Waals surface area contributed by atoms with Crippen LogP contribution < -0.4 is 25.7 Å². The van der Waals surface area contributed by atoms with Gasteiger partial charge in [-0.2, -0.15) is 0 Å². The van der Waals surface area contributed by atoms with Crippen LogP contribution in [0.15, 0.2) is 41.2 Å². The van der Waals surface area contributed by atoms with Crippen molar-refractivity contribution in [2.24, 2.45) is 17.8 Å². The van der Waals surface area contributed by atoms with E-state index in [1.54, 1.807) is 58.0 Å². The number of hydrogen-bond donors (Lipinski definition) is 3. The van der Waals surface area contributed by atoms with Gasteiger partial charge in [0.25, 0.3) is 17.4 Å². The predicted octanol–water partition coefficient (Wildman–Crippen LogP) is 4.74. The zero-order chi connectivity index (χ0) is 43.5. The van der Waals surface area contributed by atoms with E-state index >= 15 is 0 Å². The number of nitrogens with one attached hydrogen (secondary N) is 3. The van der Waals surface area contributed by atoms with Gasteiger partial charge in [0.05, 0.1) is 28.1 Å². The number of carbonyl (C=O) groups is 4. The number of alkyl carbamates (subject to hydrolysis) is 1. The number of allylic oxidation sites excluding steroid dienone is 1. The van der Waals surface area contributed by atoms with E-state index in [9.17, 15) is 41.2 Å². The van der Waals surface area contributed by atoms with Gasteiger partial charge in [0.2, 0.25) is 27.7 Å². The van der Waals surface area contributed by atoms with Crippen molar-refractivity contribution < 1.29 is 45.9 Å². The normalized spacial score (nSPS) is 28.8. The first-order valence-electron chi connectivity index (χ1n) is 20.3. The number of fused-ring (bicyclic) bond motifs is 3. The van der Waals surface area contributed by atoms with Crippen molar-refractivity contribution in [3.8, 4) is 5.88 Å². The molecule has 1 aromatic heterocycles. The zero-order valence-corrected chi connectivity index (χ0v) is 35.7. The fourth-order valence-corrected chi connectivity index (χ4v) is 9.16. The third-order valence-corrected chi connectivity index (χ3v) is 14.6. The van der Waals surface area contributed by atoms with Crippen LogP contribution in [-0.2, 0) is 29.1 Å². The van der Waals surface area contributed by atoms with Crippen LogP contribution in [0.4, 0.5) is 13.6 Å². The van der Waals surface area contributed by atoms with Crippen molar-refractivity contribution in [2.45, 2.75) is 146 Å². The van der Waals surface area contributed by atoms with E-state index < -0.39 is 85.7 Å². The molecule has 4 aliphatic rings. The van der Waals surface area contributed by atoms with Gasteiger partial charge in [-0.1, -0.05) is 38.1 Å². The van der Waals surface area contributed by atoms with E-state index in [-0.39, 0.29) is 42.8 Å². The Bertz CT molecular complexity index is 2200. The maximum Gasteiger partial charge on any atom is 0.408 e. The lowest BCUT2D eigenvalue weighted by Crippen LogP contribution is -2.59. The van der Waals surface area contributed by atoms with Crippen molar-refractivity contribution >= 4 is 44.6 Å². The molecule has 18 heteroatoms. The highest BCUT2D eigenvalue weighted by Gasteiger charge is 2.63. The fourth-order valence-electron chi connectivity index (χ4n) is 7.85. The molecular formula is C41H56F2N6O9S. The number of nitrogens with zero attached hydrogens (tertiary/aromatic N) is 3. The number of hydrogen-bond acceptors (Lipinski definition) is 10. The average molecular weight is 847 g/mol. The highest BCUT2D eigenvalue weighted by atomic mass is 32.2. The van der Waals surface area contributed by atoms with E-state index in [1.807, 2.05) is 13.0 Å². The molecule has 6 rings (SSSR count). The number of sulfonamides is 1. The van der Waals surface area contributed by atoms with Gasteiger partial charge >= 0.3 is 6.09 Å². The van der Waals surface area contributed by atoms with Gasteiger partial charge in [-0.3, -0.25) is 23.9 Å². The molecule has 2 aliphatic carbocycles. The van der Waals surface area contributed by atoms with Crippen molar-refractivity contribution in [1.82, 2.24) is 30.0 Å². The molecule has 4 amide bonds. The van der Waals surface area contributed by atoms with Crippen LogP contribution in [0, 0.1) is 17.8 Å². The molecule has 324 valence electrons. The minimum atomic E-state index is -4.07. The molecule has 3 N–H and O–H groups in total. The summed E-state index contributed by atoms with van der Waals surface area (Å²) < 4.78 is 69.3. The Labute approximate surface area is 343 Å². The SMILES string of the molecule is CC1CCC=CC2CC2(C(=O)NS(=O)(=O)C2(C)CC2)NC(=O)C2CC(Oc3nn(C(C)C)c(=O)c4ccccc34)CN2C(=O)C(NC(=O)OC(C)(C)C(C)(F)F)C(C)C1. The van der Waals surface area contributed by atoms with E-state index in [2.05, 4.69) is 20.5 Å². The molecule has 1 aromatic carbocycles. The molecule has 0 spiro atoms. The summed E-state index contributed by atoms with van der Waals surface area (Å²) in [6.45, 7) is 11.4. The van der Waals surface area contributed by atoms with Gasteiger partial charge in [-0.25, -0.2) is 26.7 Å². The molecule has 2 saturated carbocycles. The van der Waals surface area contributed by atoms with Crippen LogP contribution in [-0.4, -0.2) is 93.5 Å². The van der Waals surface area contributed by atoms with Crippen LogP contribution in [0.2, 0.25) is 0 Å². The molecule has 0 radical (unpaired) electrons. The Morgan fingerprint density at radius 2 is 1.71 bits per heavy atom. The fraction of sp³-hybridized carbons (Fsp3) is 0.659. The number of ether oxygens (including phenoxy) is 2. The molecule has 2 aromatic rings. The van der Waals surface area contributed by atoms with Crippen LogP contribution in [0.3, 0.4) is 0 Å². The molecule has 59 heavy (non-hydrogen) atoms. The predicted molar refractivity (Wildman–Crippen MR) is 214 cm³/mol. The number of rotatable bonds is 9. The highest BCUT2D eigenvalue weighted by molar-refractivity contribution is 7.91. The first-order valence-corrected chi connectivity index (χ1v) is 21.8. The number of aromatic nitrogens is 2. The lowest BCUT2D eigenvalue weighted by Gasteiger charge is -2.35. The Morgan fingerprint density at radius 3 is 2.34 bits per heavy atom. The van der Waals surface area contributed by atoms with Gasteiger partial charge < -0.3 is 25.0 Å². The summed E-state index contributed by atoms with van der Waals surface area (Å²) in [5.74, 6) is -6.83. The number of carbonyl (C=O) groups excluding carboxylic acids is 4. The first kappa shape index (κ1) is 44.0. The Morgan fingerprint density at radius 1 is 1.05 bits per heavy atom. The lowest BCUT2D eigenvalue weighted by molar-refractivity contribution is -0.152. The van der Waals surface area contributed by atoms with E-state index in [0.717, 1.165) is 13.8 Å². The summed E-state index contributed by atoms with van der Waals surface area (Å²) in [4.78, 5) is 71.3. The lowest BCUT2D eigenvalue weighted by atomic mass is 9.88. The van der Waals surface area contributed by atoms with E-state index in [1.165, 1.54) is 9.58 Å². The van der Waals surface area contributed by atoms with Crippen molar-refractivity contribution in [3.63, 3.8) is 0 Å². The molecule has 3 fully saturated rings. The summed E-state index contributed by atoms with van der Waals surface area (Å²) in [7, 11) is -4.07. The van der Waals surface area contributed by atoms with Crippen molar-refractivity contribution in [3.05, 3.63) is 46.8 Å². The summed E-state index contributed by atoms with van der Waals surface area (Å²) in [5.41, 5.74) is -4.21. The molecule has 7 unspecified atom stereocenters. The average Bonchev–Trinajstić information content (AvgIpc) is 4.02. The standard InChI is InChI=1S/C41H56F2N6O9S/c1-23(2)49-34(51)29-16-12-11-15-28(29)33(46-49)57-27-20-30-32(50)45-41(36(53)47-59(55,56)39(7)17-18-39)21-26(41)14-10-9-13-24(3)19-25(4)31(35(52)48(30)22-27)44-37(54)58-38(5,6)40(8,42)43/h10-12,14-16,23-27,30-31H,9,13,17-22H2,1-8H3,(H,44,54)(H,45,50)(H,47,53). The highest BCUT2D eigenvalue weighted by Crippen LogP contribution is 2.47. The second-order valence-electron chi connectivity index (χ2n) is 18.1. The van der Waals surface area contributed by atoms with E-state index in [0.29, 0.717) is 49.8 Å². The third-order valence-electron chi connectivity index (χ3n) is 12.5. The Balaban J connectivity index is 1.38. The summed E-state index contributed by atoms with van der Waals surface area (Å²) in [6.07, 6.45) is 3.92. The second kappa shape index (κ2) is 15.8.